The Kier molecular flexibility index (Phi) is 6.35. The van der Waals surface area contributed by atoms with Crippen molar-refractivity contribution in [3.63, 3.8) is 0 Å². The summed E-state index contributed by atoms with van der Waals surface area (Å²) in [4.78, 5) is 11.6. The Morgan fingerprint density at radius 2 is 1.65 bits per heavy atom. The van der Waals surface area contributed by atoms with E-state index in [9.17, 15) is 13.6 Å². The lowest BCUT2D eigenvalue weighted by Gasteiger charge is -2.09. The standard InChI is InChI=1S/C17H18F2N2O2/c18-14-5-7-15(8-6-14)23-12-11-21-17(22)20-10-9-13-3-1-2-4-16(13)19/h1-8H,9-12H2,(H2,20,21,22). The average Bonchev–Trinajstić information content (AvgIpc) is 2.55. The Morgan fingerprint density at radius 1 is 0.957 bits per heavy atom. The molecule has 2 amide bonds. The van der Waals surface area contributed by atoms with Crippen LogP contribution in [0, 0.1) is 11.6 Å². The fourth-order valence-corrected chi connectivity index (χ4v) is 1.94. The maximum Gasteiger partial charge on any atom is 0.314 e. The molecule has 0 saturated heterocycles. The molecule has 4 nitrogen and oxygen atoms in total. The van der Waals surface area contributed by atoms with Crippen LogP contribution in [0.25, 0.3) is 0 Å². The second-order valence-electron chi connectivity index (χ2n) is 4.83. The van der Waals surface area contributed by atoms with E-state index in [0.717, 1.165) is 0 Å². The highest BCUT2D eigenvalue weighted by atomic mass is 19.1. The largest absolute Gasteiger partial charge is 0.492 e. The zero-order chi connectivity index (χ0) is 16.5. The van der Waals surface area contributed by atoms with Gasteiger partial charge in [-0.15, -0.1) is 0 Å². The van der Waals surface area contributed by atoms with E-state index in [1.54, 1.807) is 18.2 Å². The normalized spacial score (nSPS) is 10.2. The number of carbonyl (C=O) groups excluding carboxylic acids is 1. The first-order chi connectivity index (χ1) is 11.1. The predicted molar refractivity (Wildman–Crippen MR) is 83.4 cm³/mol. The molecule has 0 atom stereocenters. The van der Waals surface area contributed by atoms with E-state index >= 15 is 0 Å². The molecule has 0 bridgehead atoms. The molecule has 6 heteroatoms. The smallest absolute Gasteiger partial charge is 0.314 e. The molecular formula is C17H18F2N2O2. The topological polar surface area (TPSA) is 50.4 Å². The van der Waals surface area contributed by atoms with Crippen LogP contribution in [-0.2, 0) is 6.42 Å². The van der Waals surface area contributed by atoms with Crippen LogP contribution in [-0.4, -0.2) is 25.7 Å². The lowest BCUT2D eigenvalue weighted by atomic mass is 10.1. The van der Waals surface area contributed by atoms with Crippen molar-refractivity contribution in [3.8, 4) is 5.75 Å². The van der Waals surface area contributed by atoms with Gasteiger partial charge in [0.15, 0.2) is 0 Å². The Balaban J connectivity index is 1.58. The summed E-state index contributed by atoms with van der Waals surface area (Å²) in [7, 11) is 0. The first-order valence-electron chi connectivity index (χ1n) is 7.28. The number of rotatable bonds is 7. The fourth-order valence-electron chi connectivity index (χ4n) is 1.94. The van der Waals surface area contributed by atoms with Gasteiger partial charge >= 0.3 is 6.03 Å². The van der Waals surface area contributed by atoms with Crippen LogP contribution in [0.1, 0.15) is 5.56 Å². The number of halogens is 2. The van der Waals surface area contributed by atoms with E-state index in [1.807, 2.05) is 0 Å². The number of urea groups is 1. The number of hydrogen-bond acceptors (Lipinski definition) is 2. The second-order valence-corrected chi connectivity index (χ2v) is 4.83. The minimum atomic E-state index is -0.343. The molecule has 0 unspecified atom stereocenters. The van der Waals surface area contributed by atoms with Crippen molar-refractivity contribution >= 4 is 6.03 Å². The lowest BCUT2D eigenvalue weighted by molar-refractivity contribution is 0.236. The molecule has 2 aromatic rings. The number of nitrogens with one attached hydrogen (secondary N) is 2. The predicted octanol–water partition coefficient (Wildman–Crippen LogP) is 2.89. The van der Waals surface area contributed by atoms with Gasteiger partial charge in [0.1, 0.15) is 24.0 Å². The van der Waals surface area contributed by atoms with Crippen LogP contribution in [0.2, 0.25) is 0 Å². The highest BCUT2D eigenvalue weighted by Crippen LogP contribution is 2.10. The van der Waals surface area contributed by atoms with Gasteiger partial charge in [-0.2, -0.15) is 0 Å². The van der Waals surface area contributed by atoms with Gasteiger partial charge in [-0.05, 0) is 42.3 Å². The number of benzene rings is 2. The minimum Gasteiger partial charge on any atom is -0.492 e. The monoisotopic (exact) mass is 320 g/mol. The molecule has 2 N–H and O–H groups in total. The third kappa shape index (κ3) is 5.94. The van der Waals surface area contributed by atoms with E-state index < -0.39 is 0 Å². The van der Waals surface area contributed by atoms with Gasteiger partial charge in [0.2, 0.25) is 0 Å². The highest BCUT2D eigenvalue weighted by molar-refractivity contribution is 5.73. The molecule has 0 heterocycles. The summed E-state index contributed by atoms with van der Waals surface area (Å²) in [6, 6.07) is 11.8. The van der Waals surface area contributed by atoms with Crippen LogP contribution in [0.5, 0.6) is 5.75 Å². The first-order valence-corrected chi connectivity index (χ1v) is 7.28. The number of ether oxygens (including phenoxy) is 1. The molecule has 0 aliphatic rings. The van der Waals surface area contributed by atoms with E-state index in [-0.39, 0.29) is 24.3 Å². The Labute approximate surface area is 133 Å². The van der Waals surface area contributed by atoms with Crippen molar-refractivity contribution in [3.05, 3.63) is 65.7 Å². The zero-order valence-electron chi connectivity index (χ0n) is 12.5. The Morgan fingerprint density at radius 3 is 2.39 bits per heavy atom. The second kappa shape index (κ2) is 8.73. The first kappa shape index (κ1) is 16.7. The average molecular weight is 320 g/mol. The molecule has 122 valence electrons. The van der Waals surface area contributed by atoms with Crippen LogP contribution in [0.4, 0.5) is 13.6 Å². The van der Waals surface area contributed by atoms with Crippen LogP contribution >= 0.6 is 0 Å². The molecule has 0 saturated carbocycles. The lowest BCUT2D eigenvalue weighted by Crippen LogP contribution is -2.38. The summed E-state index contributed by atoms with van der Waals surface area (Å²) in [5, 5.41) is 5.26. The van der Waals surface area contributed by atoms with Crippen molar-refractivity contribution in [2.75, 3.05) is 19.7 Å². The van der Waals surface area contributed by atoms with E-state index in [2.05, 4.69) is 10.6 Å². The number of carbonyl (C=O) groups is 1. The Bertz CT molecular complexity index is 633. The van der Waals surface area contributed by atoms with Crippen LogP contribution in [0.3, 0.4) is 0 Å². The van der Waals surface area contributed by atoms with Gasteiger partial charge < -0.3 is 15.4 Å². The van der Waals surface area contributed by atoms with E-state index in [4.69, 9.17) is 4.74 Å². The minimum absolute atomic E-state index is 0.270. The third-order valence-corrected chi connectivity index (χ3v) is 3.11. The third-order valence-electron chi connectivity index (χ3n) is 3.11. The van der Waals surface area contributed by atoms with Gasteiger partial charge in [-0.1, -0.05) is 18.2 Å². The molecule has 0 radical (unpaired) electrons. The Hall–Kier alpha value is -2.63. The van der Waals surface area contributed by atoms with Gasteiger partial charge in [-0.25, -0.2) is 13.6 Å². The molecule has 2 rings (SSSR count). The highest BCUT2D eigenvalue weighted by Gasteiger charge is 2.03. The summed E-state index contributed by atoms with van der Waals surface area (Å²) in [6.07, 6.45) is 0.423. The summed E-state index contributed by atoms with van der Waals surface area (Å²) in [5.41, 5.74) is 0.562. The summed E-state index contributed by atoms with van der Waals surface area (Å²) < 4.78 is 31.4. The fraction of sp³-hybridized carbons (Fsp3) is 0.235. The van der Waals surface area contributed by atoms with Crippen molar-refractivity contribution in [2.45, 2.75) is 6.42 Å². The van der Waals surface area contributed by atoms with Crippen molar-refractivity contribution in [1.82, 2.24) is 10.6 Å². The van der Waals surface area contributed by atoms with Crippen molar-refractivity contribution in [1.29, 1.82) is 0 Å². The maximum atomic E-state index is 13.4. The number of hydrogen-bond donors (Lipinski definition) is 2. The summed E-state index contributed by atoms with van der Waals surface area (Å²) in [5.74, 6) is -0.0692. The SMILES string of the molecule is O=C(NCCOc1ccc(F)cc1)NCCc1ccccc1F. The molecule has 0 spiro atoms. The molecule has 0 aliphatic heterocycles. The van der Waals surface area contributed by atoms with Gasteiger partial charge in [0.05, 0.1) is 6.54 Å². The number of amides is 2. The van der Waals surface area contributed by atoms with Crippen molar-refractivity contribution < 1.29 is 18.3 Å². The molecular weight excluding hydrogens is 302 g/mol. The van der Waals surface area contributed by atoms with Gasteiger partial charge in [0, 0.05) is 6.54 Å². The maximum absolute atomic E-state index is 13.4. The molecule has 0 fully saturated rings. The van der Waals surface area contributed by atoms with Crippen molar-refractivity contribution in [2.24, 2.45) is 0 Å². The quantitative estimate of drug-likeness (QED) is 0.771. The summed E-state index contributed by atoms with van der Waals surface area (Å²) >= 11 is 0. The van der Waals surface area contributed by atoms with Gasteiger partial charge in [0.25, 0.3) is 0 Å². The van der Waals surface area contributed by atoms with Crippen LogP contribution in [0.15, 0.2) is 48.5 Å². The molecule has 0 aromatic heterocycles. The summed E-state index contributed by atoms with van der Waals surface area (Å²) in [6.45, 7) is 0.918. The van der Waals surface area contributed by atoms with E-state index in [0.29, 0.717) is 30.8 Å². The van der Waals surface area contributed by atoms with Crippen LogP contribution < -0.4 is 15.4 Å². The molecule has 23 heavy (non-hydrogen) atoms. The molecule has 2 aromatic carbocycles. The molecule has 0 aliphatic carbocycles. The zero-order valence-corrected chi connectivity index (χ0v) is 12.5. The van der Waals surface area contributed by atoms with Gasteiger partial charge in [-0.3, -0.25) is 0 Å². The van der Waals surface area contributed by atoms with E-state index in [1.165, 1.54) is 30.3 Å².